The summed E-state index contributed by atoms with van der Waals surface area (Å²) in [5.74, 6) is 1.04. The highest BCUT2D eigenvalue weighted by Gasteiger charge is 2.36. The second-order valence-corrected chi connectivity index (χ2v) is 5.81. The van der Waals surface area contributed by atoms with Crippen molar-refractivity contribution in [1.29, 1.82) is 0 Å². The number of nitrogens with zero attached hydrogens (tertiary/aromatic N) is 4. The van der Waals surface area contributed by atoms with E-state index in [1.165, 1.54) is 5.56 Å². The monoisotopic (exact) mass is 285 g/mol. The summed E-state index contributed by atoms with van der Waals surface area (Å²) in [6, 6.07) is 10.6. The normalized spacial score (nSPS) is 18.2. The number of fused-ring (bicyclic) bond motifs is 1. The largest absolute Gasteiger partial charge is 0.329 e. The molecular weight excluding hydrogens is 262 g/mol. The highest BCUT2D eigenvalue weighted by Crippen LogP contribution is 2.27. The van der Waals surface area contributed by atoms with Gasteiger partial charge in [-0.2, -0.15) is 0 Å². The second kappa shape index (κ2) is 5.95. The maximum Gasteiger partial charge on any atom is 0.147 e. The maximum absolute atomic E-state index is 6.21. The topological polar surface area (TPSA) is 60.0 Å². The number of aromatic nitrogens is 3. The first kappa shape index (κ1) is 14.2. The Morgan fingerprint density at radius 1 is 1.24 bits per heavy atom. The Morgan fingerprint density at radius 3 is 2.76 bits per heavy atom. The third-order valence-corrected chi connectivity index (χ3v) is 4.72. The average molecular weight is 285 g/mol. The van der Waals surface area contributed by atoms with Crippen LogP contribution in [-0.4, -0.2) is 38.3 Å². The van der Waals surface area contributed by atoms with Crippen molar-refractivity contribution in [3.8, 4) is 0 Å². The summed E-state index contributed by atoms with van der Waals surface area (Å²) in [7, 11) is 0. The van der Waals surface area contributed by atoms with Crippen molar-refractivity contribution in [3.05, 3.63) is 48.0 Å². The molecule has 0 saturated heterocycles. The van der Waals surface area contributed by atoms with Gasteiger partial charge in [0, 0.05) is 25.2 Å². The fourth-order valence-corrected chi connectivity index (χ4v) is 3.25. The van der Waals surface area contributed by atoms with Gasteiger partial charge in [0.05, 0.1) is 6.54 Å². The van der Waals surface area contributed by atoms with Crippen molar-refractivity contribution >= 4 is 0 Å². The van der Waals surface area contributed by atoms with Crippen LogP contribution in [0.4, 0.5) is 0 Å². The summed E-state index contributed by atoms with van der Waals surface area (Å²) in [4.78, 5) is 2.49. The van der Waals surface area contributed by atoms with Gasteiger partial charge in [0.25, 0.3) is 0 Å². The van der Waals surface area contributed by atoms with E-state index in [-0.39, 0.29) is 5.54 Å². The number of hydrogen-bond donors (Lipinski definition) is 1. The summed E-state index contributed by atoms with van der Waals surface area (Å²) in [6.07, 6.45) is 3.83. The molecule has 5 nitrogen and oxygen atoms in total. The Balaban J connectivity index is 1.84. The molecule has 2 heterocycles. The Hall–Kier alpha value is -1.72. The Morgan fingerprint density at radius 2 is 2.05 bits per heavy atom. The minimum Gasteiger partial charge on any atom is -0.329 e. The van der Waals surface area contributed by atoms with E-state index in [4.69, 9.17) is 5.73 Å². The predicted molar refractivity (Wildman–Crippen MR) is 82.7 cm³/mol. The van der Waals surface area contributed by atoms with Gasteiger partial charge in [-0.25, -0.2) is 0 Å². The maximum atomic E-state index is 6.21. The molecule has 0 bridgehead atoms. The molecule has 2 N–H and O–H groups in total. The molecule has 0 spiro atoms. The van der Waals surface area contributed by atoms with Gasteiger partial charge >= 0.3 is 0 Å². The Bertz CT molecular complexity index is 573. The van der Waals surface area contributed by atoms with E-state index in [1.807, 2.05) is 6.33 Å². The molecule has 1 aliphatic rings. The van der Waals surface area contributed by atoms with Crippen LogP contribution in [0.1, 0.15) is 24.7 Å². The molecule has 2 aromatic rings. The Labute approximate surface area is 125 Å². The quantitative estimate of drug-likeness (QED) is 0.903. The molecule has 112 valence electrons. The summed E-state index contributed by atoms with van der Waals surface area (Å²) >= 11 is 0. The van der Waals surface area contributed by atoms with Crippen LogP contribution in [-0.2, 0) is 19.5 Å². The van der Waals surface area contributed by atoms with E-state index < -0.39 is 0 Å². The molecule has 1 atom stereocenters. The highest BCUT2D eigenvalue weighted by atomic mass is 15.3. The van der Waals surface area contributed by atoms with Gasteiger partial charge < -0.3 is 10.3 Å². The van der Waals surface area contributed by atoms with Crippen molar-refractivity contribution in [1.82, 2.24) is 19.7 Å². The van der Waals surface area contributed by atoms with Gasteiger partial charge in [0.15, 0.2) is 0 Å². The molecule has 0 aliphatic carbocycles. The third-order valence-electron chi connectivity index (χ3n) is 4.72. The first-order chi connectivity index (χ1) is 10.3. The van der Waals surface area contributed by atoms with E-state index in [2.05, 4.69) is 56.9 Å². The van der Waals surface area contributed by atoms with Crippen LogP contribution in [0.2, 0.25) is 0 Å². The van der Waals surface area contributed by atoms with Crippen LogP contribution < -0.4 is 5.73 Å². The van der Waals surface area contributed by atoms with Gasteiger partial charge in [0.2, 0.25) is 0 Å². The molecule has 3 rings (SSSR count). The number of nitrogens with two attached hydrogens (primary N) is 1. The van der Waals surface area contributed by atoms with Crippen LogP contribution in [0.25, 0.3) is 0 Å². The summed E-state index contributed by atoms with van der Waals surface area (Å²) in [5.41, 5.74) is 7.55. The SMILES string of the molecule is CCC(CN)(Cc1ccccc1)N1CCn2cnnc2C1. The number of rotatable bonds is 5. The zero-order valence-corrected chi connectivity index (χ0v) is 12.6. The molecule has 1 aliphatic heterocycles. The van der Waals surface area contributed by atoms with E-state index in [0.717, 1.165) is 38.3 Å². The summed E-state index contributed by atoms with van der Waals surface area (Å²) in [6.45, 7) is 5.67. The number of hydrogen-bond acceptors (Lipinski definition) is 4. The Kier molecular flexibility index (Phi) is 4.03. The van der Waals surface area contributed by atoms with Crippen LogP contribution in [0.15, 0.2) is 36.7 Å². The third kappa shape index (κ3) is 2.71. The minimum atomic E-state index is -0.00144. The van der Waals surface area contributed by atoms with Gasteiger partial charge in [-0.05, 0) is 18.4 Å². The molecule has 0 radical (unpaired) electrons. The predicted octanol–water partition coefficient (Wildman–Crippen LogP) is 1.44. The molecule has 0 amide bonds. The highest BCUT2D eigenvalue weighted by molar-refractivity contribution is 5.18. The molecule has 1 unspecified atom stereocenters. The summed E-state index contributed by atoms with van der Waals surface area (Å²) in [5, 5.41) is 8.24. The lowest BCUT2D eigenvalue weighted by Gasteiger charge is -2.44. The van der Waals surface area contributed by atoms with Gasteiger partial charge in [0.1, 0.15) is 12.2 Å². The standard InChI is InChI=1S/C16H23N5/c1-2-16(12-17,10-14-6-4-3-5-7-14)21-9-8-20-13-18-19-15(20)11-21/h3-7,13H,2,8-12,17H2,1H3. The van der Waals surface area contributed by atoms with Crippen LogP contribution >= 0.6 is 0 Å². The van der Waals surface area contributed by atoms with Crippen LogP contribution in [0.5, 0.6) is 0 Å². The lowest BCUT2D eigenvalue weighted by Crippen LogP contribution is -2.57. The molecule has 0 saturated carbocycles. The molecule has 1 aromatic heterocycles. The van der Waals surface area contributed by atoms with E-state index >= 15 is 0 Å². The molecule has 0 fully saturated rings. The smallest absolute Gasteiger partial charge is 0.147 e. The lowest BCUT2D eigenvalue weighted by molar-refractivity contribution is 0.0590. The molecule has 1 aromatic carbocycles. The second-order valence-electron chi connectivity index (χ2n) is 5.81. The van der Waals surface area contributed by atoms with E-state index in [0.29, 0.717) is 6.54 Å². The van der Waals surface area contributed by atoms with Crippen LogP contribution in [0.3, 0.4) is 0 Å². The van der Waals surface area contributed by atoms with Gasteiger partial charge in [-0.1, -0.05) is 37.3 Å². The minimum absolute atomic E-state index is 0.00144. The van der Waals surface area contributed by atoms with Crippen LogP contribution in [0, 0.1) is 0 Å². The summed E-state index contributed by atoms with van der Waals surface area (Å²) < 4.78 is 2.13. The zero-order valence-electron chi connectivity index (χ0n) is 12.6. The molecule has 21 heavy (non-hydrogen) atoms. The number of benzene rings is 1. The molecular formula is C16H23N5. The van der Waals surface area contributed by atoms with Gasteiger partial charge in [-0.15, -0.1) is 10.2 Å². The first-order valence-corrected chi connectivity index (χ1v) is 7.63. The average Bonchev–Trinajstić information content (AvgIpc) is 3.01. The van der Waals surface area contributed by atoms with Crippen molar-refractivity contribution in [2.24, 2.45) is 5.73 Å². The van der Waals surface area contributed by atoms with Crippen molar-refractivity contribution in [3.63, 3.8) is 0 Å². The van der Waals surface area contributed by atoms with Crippen molar-refractivity contribution in [2.75, 3.05) is 13.1 Å². The van der Waals surface area contributed by atoms with E-state index in [1.54, 1.807) is 0 Å². The van der Waals surface area contributed by atoms with Gasteiger partial charge in [-0.3, -0.25) is 4.90 Å². The van der Waals surface area contributed by atoms with E-state index in [9.17, 15) is 0 Å². The lowest BCUT2D eigenvalue weighted by atomic mass is 9.85. The van der Waals surface area contributed by atoms with Crippen molar-refractivity contribution < 1.29 is 0 Å². The van der Waals surface area contributed by atoms with Crippen molar-refractivity contribution in [2.45, 2.75) is 38.4 Å². The fraction of sp³-hybridized carbons (Fsp3) is 0.500. The zero-order chi connectivity index (χ0) is 14.7. The fourth-order valence-electron chi connectivity index (χ4n) is 3.25. The first-order valence-electron chi connectivity index (χ1n) is 7.63. The molecule has 5 heteroatoms.